The molecule has 0 spiro atoms. The number of ether oxygens (including phenoxy) is 2. The molecule has 0 bridgehead atoms. The number of carbonyl (C=O) groups excluding carboxylic acids is 1. The van der Waals surface area contributed by atoms with E-state index in [2.05, 4.69) is 47.9 Å². The Hall–Kier alpha value is -2.25. The van der Waals surface area contributed by atoms with Gasteiger partial charge in [-0.1, -0.05) is 128 Å². The first kappa shape index (κ1) is 35.2. The van der Waals surface area contributed by atoms with E-state index < -0.39 is 0 Å². The van der Waals surface area contributed by atoms with Gasteiger partial charge in [-0.2, -0.15) is 4.37 Å². The van der Waals surface area contributed by atoms with Gasteiger partial charge in [0.2, 0.25) is 0 Å². The van der Waals surface area contributed by atoms with Crippen molar-refractivity contribution >= 4 is 23.3 Å². The molecule has 2 atom stereocenters. The number of benzene rings is 1. The second-order valence-electron chi connectivity index (χ2n) is 12.6. The Labute approximate surface area is 266 Å². The number of rotatable bonds is 23. The van der Waals surface area contributed by atoms with E-state index in [1.807, 2.05) is 18.2 Å². The summed E-state index contributed by atoms with van der Waals surface area (Å²) >= 11 is 1.21. The maximum atomic E-state index is 13.2. The van der Waals surface area contributed by atoms with Crippen LogP contribution in [0.25, 0.3) is 5.57 Å². The van der Waals surface area contributed by atoms with E-state index in [1.54, 1.807) is 0 Å². The summed E-state index contributed by atoms with van der Waals surface area (Å²) in [5.74, 6) is 0.546. The lowest BCUT2D eigenvalue weighted by molar-refractivity contribution is -0.953. The minimum atomic E-state index is -0.361. The van der Waals surface area contributed by atoms with Crippen molar-refractivity contribution in [2.75, 3.05) is 26.7 Å². The summed E-state index contributed by atoms with van der Waals surface area (Å²) in [6.45, 7) is 6.76. The first-order valence-electron chi connectivity index (χ1n) is 17.3. The Morgan fingerprint density at radius 3 is 2.09 bits per heavy atom. The van der Waals surface area contributed by atoms with Crippen LogP contribution in [0.15, 0.2) is 36.4 Å². The molecule has 6 nitrogen and oxygen atoms in total. The topological polar surface area (TPSA) is 61.3 Å². The van der Waals surface area contributed by atoms with E-state index in [0.717, 1.165) is 49.1 Å². The SMILES string of the molecule is CCCCCCCCCCCCCCC(=O)OC(c1ccccc1)[N+]1(C)CCC=C(c2nsnc2OCCCCCC)C1. The molecule has 1 aromatic carbocycles. The predicted molar refractivity (Wildman–Crippen MR) is 179 cm³/mol. The predicted octanol–water partition coefficient (Wildman–Crippen LogP) is 10.1. The Morgan fingerprint density at radius 2 is 1.44 bits per heavy atom. The van der Waals surface area contributed by atoms with Gasteiger partial charge in [0.25, 0.3) is 12.1 Å². The molecule has 0 saturated heterocycles. The molecule has 1 aromatic heterocycles. The van der Waals surface area contributed by atoms with Crippen molar-refractivity contribution in [2.45, 2.75) is 136 Å². The van der Waals surface area contributed by atoms with Crippen LogP contribution in [0.3, 0.4) is 0 Å². The number of unbranched alkanes of at least 4 members (excludes halogenated alkanes) is 14. The van der Waals surface area contributed by atoms with Gasteiger partial charge in [0, 0.05) is 18.4 Å². The normalized spacial score (nSPS) is 17.4. The summed E-state index contributed by atoms with van der Waals surface area (Å²) < 4.78 is 22.1. The molecule has 0 N–H and O–H groups in total. The number of hydrogen-bond donors (Lipinski definition) is 0. The van der Waals surface area contributed by atoms with Crippen molar-refractivity contribution < 1.29 is 18.8 Å². The van der Waals surface area contributed by atoms with Gasteiger partial charge in [0.15, 0.2) is 0 Å². The third-order valence-corrected chi connectivity index (χ3v) is 9.20. The molecular formula is C36H58N3O3S+. The van der Waals surface area contributed by atoms with E-state index in [0.29, 0.717) is 29.9 Å². The fourth-order valence-electron chi connectivity index (χ4n) is 6.07. The van der Waals surface area contributed by atoms with Crippen molar-refractivity contribution in [1.29, 1.82) is 0 Å². The largest absolute Gasteiger partial charge is 0.475 e. The quantitative estimate of drug-likeness (QED) is 0.0710. The molecular weight excluding hydrogens is 554 g/mol. The average Bonchev–Trinajstić information content (AvgIpc) is 3.49. The summed E-state index contributed by atoms with van der Waals surface area (Å²) in [6, 6.07) is 10.2. The minimum absolute atomic E-state index is 0.0946. The van der Waals surface area contributed by atoms with Crippen LogP contribution in [0.1, 0.15) is 147 Å². The van der Waals surface area contributed by atoms with Gasteiger partial charge < -0.3 is 9.47 Å². The Kier molecular flexibility index (Phi) is 16.9. The van der Waals surface area contributed by atoms with Gasteiger partial charge >= 0.3 is 5.97 Å². The van der Waals surface area contributed by atoms with E-state index in [1.165, 1.54) is 95.2 Å². The van der Waals surface area contributed by atoms with Crippen molar-refractivity contribution in [3.05, 3.63) is 47.7 Å². The van der Waals surface area contributed by atoms with Gasteiger partial charge in [-0.05, 0) is 25.0 Å². The molecule has 0 fully saturated rings. The Balaban J connectivity index is 1.49. The van der Waals surface area contributed by atoms with E-state index in [9.17, 15) is 4.79 Å². The lowest BCUT2D eigenvalue weighted by Gasteiger charge is -2.42. The van der Waals surface area contributed by atoms with Crippen molar-refractivity contribution in [3.63, 3.8) is 0 Å². The summed E-state index contributed by atoms with van der Waals surface area (Å²) in [7, 11) is 2.20. The molecule has 240 valence electrons. The highest BCUT2D eigenvalue weighted by Crippen LogP contribution is 2.37. The van der Waals surface area contributed by atoms with Crippen molar-refractivity contribution in [1.82, 2.24) is 8.75 Å². The van der Waals surface area contributed by atoms with Crippen LogP contribution in [0.5, 0.6) is 5.88 Å². The summed E-state index contributed by atoms with van der Waals surface area (Å²) in [6.07, 6.45) is 23.3. The summed E-state index contributed by atoms with van der Waals surface area (Å²) in [4.78, 5) is 13.2. The molecule has 2 aromatic rings. The van der Waals surface area contributed by atoms with Gasteiger partial charge in [0.05, 0.1) is 37.5 Å². The smallest absolute Gasteiger partial charge is 0.310 e. The highest BCUT2D eigenvalue weighted by Gasteiger charge is 2.40. The zero-order valence-electron chi connectivity index (χ0n) is 27.4. The molecule has 43 heavy (non-hydrogen) atoms. The molecule has 0 radical (unpaired) electrons. The first-order valence-corrected chi connectivity index (χ1v) is 18.0. The molecule has 0 aliphatic carbocycles. The van der Waals surface area contributed by atoms with Gasteiger partial charge in [0.1, 0.15) is 12.2 Å². The highest BCUT2D eigenvalue weighted by molar-refractivity contribution is 6.99. The fourth-order valence-corrected chi connectivity index (χ4v) is 6.60. The molecule has 2 unspecified atom stereocenters. The van der Waals surface area contributed by atoms with Crippen molar-refractivity contribution in [2.24, 2.45) is 0 Å². The zero-order valence-corrected chi connectivity index (χ0v) is 28.2. The lowest BCUT2D eigenvalue weighted by Crippen LogP contribution is -2.51. The van der Waals surface area contributed by atoms with E-state index in [-0.39, 0.29) is 12.2 Å². The van der Waals surface area contributed by atoms with Crippen molar-refractivity contribution in [3.8, 4) is 5.88 Å². The van der Waals surface area contributed by atoms with Crippen LogP contribution in [0.2, 0.25) is 0 Å². The second-order valence-corrected chi connectivity index (χ2v) is 13.1. The molecule has 0 saturated carbocycles. The Morgan fingerprint density at radius 1 is 0.837 bits per heavy atom. The maximum absolute atomic E-state index is 13.2. The fraction of sp³-hybridized carbons (Fsp3) is 0.694. The van der Waals surface area contributed by atoms with E-state index >= 15 is 0 Å². The lowest BCUT2D eigenvalue weighted by atomic mass is 10.0. The van der Waals surface area contributed by atoms with Crippen LogP contribution in [-0.2, 0) is 9.53 Å². The van der Waals surface area contributed by atoms with E-state index in [4.69, 9.17) is 9.47 Å². The average molecular weight is 613 g/mol. The number of aromatic nitrogens is 2. The number of carbonyl (C=O) groups is 1. The minimum Gasteiger partial charge on any atom is -0.475 e. The highest BCUT2D eigenvalue weighted by atomic mass is 32.1. The number of esters is 1. The molecule has 1 aliphatic rings. The number of nitrogens with zero attached hydrogens (tertiary/aromatic N) is 3. The molecule has 2 heterocycles. The van der Waals surface area contributed by atoms with Crippen LogP contribution < -0.4 is 4.74 Å². The monoisotopic (exact) mass is 612 g/mol. The summed E-state index contributed by atoms with van der Waals surface area (Å²) in [5, 5.41) is 0. The number of hydrogen-bond acceptors (Lipinski definition) is 6. The molecule has 0 amide bonds. The first-order chi connectivity index (χ1) is 21.1. The Bertz CT molecular complexity index is 1060. The maximum Gasteiger partial charge on any atom is 0.310 e. The number of quaternary nitrogens is 1. The van der Waals surface area contributed by atoms with Gasteiger partial charge in [-0.3, -0.25) is 9.28 Å². The van der Waals surface area contributed by atoms with Crippen LogP contribution in [0, 0.1) is 0 Å². The summed E-state index contributed by atoms with van der Waals surface area (Å²) in [5.41, 5.74) is 3.02. The molecule has 1 aliphatic heterocycles. The van der Waals surface area contributed by atoms with Crippen LogP contribution in [-0.4, -0.2) is 45.9 Å². The third-order valence-electron chi connectivity index (χ3n) is 8.69. The van der Waals surface area contributed by atoms with Crippen LogP contribution >= 0.6 is 11.7 Å². The standard InChI is InChI=1S/C36H58N3O3S/c1-4-6-8-10-11-12-13-14-15-16-17-21-27-33(40)42-36(31-24-19-18-20-25-31)39(3)28-23-26-32(30-39)34-35(38-43-37-34)41-29-22-9-7-5-2/h18-20,24-26,36H,4-17,21-23,27-30H2,1-3H3/q+1. The molecule has 3 rings (SSSR count). The van der Waals surface area contributed by atoms with Gasteiger partial charge in [-0.25, -0.2) is 0 Å². The third kappa shape index (κ3) is 12.7. The zero-order chi connectivity index (χ0) is 30.6. The van der Waals surface area contributed by atoms with Crippen LogP contribution in [0.4, 0.5) is 0 Å². The molecule has 7 heteroatoms. The second kappa shape index (κ2) is 20.7. The number of likely N-dealkylation sites (N-methyl/N-ethyl adjacent to an activating group) is 1. The van der Waals surface area contributed by atoms with Gasteiger partial charge in [-0.15, -0.1) is 4.37 Å².